The second-order valence-corrected chi connectivity index (χ2v) is 15.5. The monoisotopic (exact) mass is 728 g/mol. The molecule has 1 aromatic heterocycles. The molecule has 5 rings (SSSR count). The van der Waals surface area contributed by atoms with Gasteiger partial charge in [-0.2, -0.15) is 0 Å². The number of fused-ring (bicyclic) bond motifs is 4. The molecule has 0 radical (unpaired) electrons. The zero-order chi connectivity index (χ0) is 38.3. The number of aliphatic hydroxyl groups is 1. The van der Waals surface area contributed by atoms with Crippen molar-refractivity contribution in [1.82, 2.24) is 20.5 Å². The number of amides is 3. The van der Waals surface area contributed by atoms with E-state index < -0.39 is 12.1 Å². The molecule has 9 heteroatoms. The van der Waals surface area contributed by atoms with E-state index in [-0.39, 0.29) is 24.4 Å². The number of nitrogens with one attached hydrogen (secondary N) is 2. The molecule has 1 heterocycles. The molecule has 3 amide bonds. The Morgan fingerprint density at radius 1 is 1.06 bits per heavy atom. The number of urea groups is 1. The van der Waals surface area contributed by atoms with Gasteiger partial charge in [0, 0.05) is 31.4 Å². The summed E-state index contributed by atoms with van der Waals surface area (Å²) < 4.78 is 0. The van der Waals surface area contributed by atoms with E-state index in [0.29, 0.717) is 25.4 Å². The molecule has 2 saturated carbocycles. The Kier molecular flexibility index (Phi) is 23.7. The molecule has 0 saturated heterocycles. The van der Waals surface area contributed by atoms with E-state index in [1.165, 1.54) is 81.1 Å². The van der Waals surface area contributed by atoms with Crippen molar-refractivity contribution < 1.29 is 14.7 Å². The quantitative estimate of drug-likeness (QED) is 0.179. The fourth-order valence-corrected chi connectivity index (χ4v) is 7.02. The van der Waals surface area contributed by atoms with Gasteiger partial charge in [-0.15, -0.1) is 11.3 Å². The molecule has 1 aromatic rings. The van der Waals surface area contributed by atoms with Crippen molar-refractivity contribution in [3.63, 3.8) is 0 Å². The van der Waals surface area contributed by atoms with Crippen molar-refractivity contribution in [3.8, 4) is 0 Å². The third kappa shape index (κ3) is 18.5. The largest absolute Gasteiger partial charge is 0.392 e. The van der Waals surface area contributed by atoms with E-state index >= 15 is 0 Å². The predicted octanol–water partition coefficient (Wildman–Crippen LogP) is 9.58. The van der Waals surface area contributed by atoms with Crippen LogP contribution >= 0.6 is 11.3 Å². The van der Waals surface area contributed by atoms with Gasteiger partial charge in [0.25, 0.3) is 0 Å². The second-order valence-electron chi connectivity index (χ2n) is 14.6. The average molecular weight is 728 g/mol. The Morgan fingerprint density at radius 2 is 1.71 bits per heavy atom. The van der Waals surface area contributed by atoms with Crippen LogP contribution in [-0.2, 0) is 11.3 Å². The maximum Gasteiger partial charge on any atom is 0.318 e. The van der Waals surface area contributed by atoms with Crippen LogP contribution in [0.2, 0.25) is 0 Å². The van der Waals surface area contributed by atoms with Gasteiger partial charge < -0.3 is 26.4 Å². The molecule has 3 unspecified atom stereocenters. The summed E-state index contributed by atoms with van der Waals surface area (Å²) in [5.41, 5.74) is 12.7. The Labute approximate surface area is 315 Å². The molecule has 51 heavy (non-hydrogen) atoms. The molecule has 0 aliphatic heterocycles. The molecule has 8 nitrogen and oxygen atoms in total. The van der Waals surface area contributed by atoms with Gasteiger partial charge in [0.05, 0.1) is 23.4 Å². The maximum absolute atomic E-state index is 12.5. The molecule has 0 spiro atoms. The summed E-state index contributed by atoms with van der Waals surface area (Å²) in [7, 11) is 1.68. The number of aliphatic hydroxyl groups excluding tert-OH is 1. The lowest BCUT2D eigenvalue weighted by molar-refractivity contribution is -0.124. The lowest BCUT2D eigenvalue weighted by atomic mass is 9.90. The minimum atomic E-state index is -0.656. The van der Waals surface area contributed by atoms with Crippen molar-refractivity contribution in [3.05, 3.63) is 63.2 Å². The van der Waals surface area contributed by atoms with E-state index in [0.717, 1.165) is 16.6 Å². The number of rotatable bonds is 10. The maximum atomic E-state index is 12.5. The number of hydrogen-bond acceptors (Lipinski definition) is 6. The molecule has 3 atom stereocenters. The smallest absolute Gasteiger partial charge is 0.318 e. The molecule has 0 aromatic carbocycles. The number of hydrogen-bond donors (Lipinski definition) is 4. The fraction of sp³-hybridized carbons (Fsp3) is 0.690. The van der Waals surface area contributed by atoms with Gasteiger partial charge in [0.15, 0.2) is 0 Å². The van der Waals surface area contributed by atoms with Crippen molar-refractivity contribution in [2.24, 2.45) is 17.6 Å². The van der Waals surface area contributed by atoms with E-state index in [1.54, 1.807) is 35.1 Å². The Morgan fingerprint density at radius 3 is 2.31 bits per heavy atom. The van der Waals surface area contributed by atoms with Crippen LogP contribution in [0.4, 0.5) is 4.79 Å². The van der Waals surface area contributed by atoms with Crippen LogP contribution in [-0.4, -0.2) is 59.2 Å². The topological polar surface area (TPSA) is 121 Å². The zero-order valence-electron chi connectivity index (χ0n) is 33.7. The lowest BCUT2D eigenvalue weighted by Gasteiger charge is -2.25. The Bertz CT molecular complexity index is 1260. The number of allylic oxidation sites excluding steroid dienone is 7. The summed E-state index contributed by atoms with van der Waals surface area (Å²) in [6.45, 7) is 21.4. The van der Waals surface area contributed by atoms with Crippen molar-refractivity contribution in [2.75, 3.05) is 20.1 Å². The first-order chi connectivity index (χ1) is 24.3. The normalized spacial score (nSPS) is 19.2. The predicted molar refractivity (Wildman–Crippen MR) is 218 cm³/mol. The molecule has 2 fully saturated rings. The van der Waals surface area contributed by atoms with Crippen LogP contribution in [0.25, 0.3) is 0 Å². The third-order valence-corrected chi connectivity index (χ3v) is 10.7. The van der Waals surface area contributed by atoms with Crippen LogP contribution in [0.5, 0.6) is 0 Å². The molecular formula is C42H73N5O3S. The summed E-state index contributed by atoms with van der Waals surface area (Å²) in [6.07, 6.45) is 21.3. The average Bonchev–Trinajstić information content (AvgIpc) is 3.42. The van der Waals surface area contributed by atoms with Crippen LogP contribution in [0.1, 0.15) is 149 Å². The number of aromatic nitrogens is 1. The number of carbonyl (C=O) groups excluding carboxylic acids is 2. The molecule has 290 valence electrons. The standard InChI is InChI=1S/C18H33N5O3S.C12H20.C10H14.C2H6/c1-11(2)15(16(25)20-7-6-14(24)8-19)22-18(26)23(5)9-13-10-27-17(21-13)12(3)4;1-3-12-9-5-4-7-11(2)8-6-10-12;1-8-7-9-3-2-4-10(8)6-5-9;1-2/h10-12,14-15,24H,6-9,19H2,1-5H3,(H,20,25)(H,22,26);3H,2,4-10H2,1H3;5-6,8H,2-4,7H2,1H3;1-2H3/b;12-3+;;. The first kappa shape index (κ1) is 46.3. The number of thiazole rings is 1. The lowest BCUT2D eigenvalue weighted by Crippen LogP contribution is -2.53. The van der Waals surface area contributed by atoms with Crippen LogP contribution in [0.15, 0.2) is 52.5 Å². The van der Waals surface area contributed by atoms with E-state index in [2.05, 4.69) is 68.1 Å². The van der Waals surface area contributed by atoms with Crippen LogP contribution in [0.3, 0.4) is 0 Å². The Hall–Kier alpha value is -2.75. The van der Waals surface area contributed by atoms with Crippen molar-refractivity contribution in [2.45, 2.75) is 157 Å². The summed E-state index contributed by atoms with van der Waals surface area (Å²) in [6, 6.07) is -0.985. The van der Waals surface area contributed by atoms with E-state index in [1.807, 2.05) is 33.1 Å². The summed E-state index contributed by atoms with van der Waals surface area (Å²) >= 11 is 1.59. The second kappa shape index (κ2) is 26.1. The van der Waals surface area contributed by atoms with E-state index in [9.17, 15) is 14.7 Å². The highest BCUT2D eigenvalue weighted by atomic mass is 32.1. The molecule has 4 aliphatic rings. The van der Waals surface area contributed by atoms with Gasteiger partial charge in [-0.3, -0.25) is 4.79 Å². The first-order valence-corrected chi connectivity index (χ1v) is 20.5. The minimum absolute atomic E-state index is 0.0754. The van der Waals surface area contributed by atoms with E-state index in [4.69, 9.17) is 5.73 Å². The summed E-state index contributed by atoms with van der Waals surface area (Å²) in [4.78, 5) is 30.9. The van der Waals surface area contributed by atoms with Crippen molar-refractivity contribution in [1.29, 1.82) is 0 Å². The molecule has 5 N–H and O–H groups in total. The SMILES string of the molecule is C=C1CCCC/C(=C\C)CCC1.CC.CC(C)c1nc(CN(C)C(=O)NC(C(=O)NCCC(O)CN)C(C)C)cs1.CC1CC2=CC=C1CCC2. The summed E-state index contributed by atoms with van der Waals surface area (Å²) in [5, 5.41) is 18.0. The van der Waals surface area contributed by atoms with Crippen LogP contribution in [0, 0.1) is 11.8 Å². The van der Waals surface area contributed by atoms with Gasteiger partial charge in [-0.1, -0.05) is 95.6 Å². The van der Waals surface area contributed by atoms with Gasteiger partial charge in [-0.25, -0.2) is 9.78 Å². The minimum Gasteiger partial charge on any atom is -0.392 e. The third-order valence-electron chi connectivity index (χ3n) is 9.50. The first-order valence-electron chi connectivity index (χ1n) is 19.6. The summed E-state index contributed by atoms with van der Waals surface area (Å²) in [5.74, 6) is 0.859. The molecule has 4 aliphatic carbocycles. The zero-order valence-corrected chi connectivity index (χ0v) is 34.5. The van der Waals surface area contributed by atoms with Crippen LogP contribution < -0.4 is 16.4 Å². The molecular weight excluding hydrogens is 655 g/mol. The van der Waals surface area contributed by atoms with Crippen molar-refractivity contribution >= 4 is 23.3 Å². The fourth-order valence-electron chi connectivity index (χ4n) is 6.19. The number of carbonyl (C=O) groups is 2. The highest BCUT2D eigenvalue weighted by molar-refractivity contribution is 7.09. The highest BCUT2D eigenvalue weighted by Gasteiger charge is 2.26. The molecule has 2 bridgehead atoms. The Balaban J connectivity index is 0.000000439. The van der Waals surface area contributed by atoms with Gasteiger partial charge in [0.1, 0.15) is 6.04 Å². The van der Waals surface area contributed by atoms with Gasteiger partial charge in [0.2, 0.25) is 5.91 Å². The number of nitrogens with zero attached hydrogens (tertiary/aromatic N) is 2. The highest BCUT2D eigenvalue weighted by Crippen LogP contribution is 2.34. The van der Waals surface area contributed by atoms with Gasteiger partial charge in [-0.05, 0) is 95.8 Å². The van der Waals surface area contributed by atoms with Gasteiger partial charge >= 0.3 is 6.03 Å². The number of nitrogens with two attached hydrogens (primary N) is 1.